The minimum Gasteiger partial charge on any atom is -0.394 e. The van der Waals surface area contributed by atoms with Crippen LogP contribution in [0.25, 0.3) is 16.9 Å². The molecule has 0 amide bonds. The van der Waals surface area contributed by atoms with Gasteiger partial charge in [0.2, 0.25) is 10.0 Å². The minimum absolute atomic E-state index is 0.0427. The molecule has 0 unspecified atom stereocenters. The zero-order valence-corrected chi connectivity index (χ0v) is 19.4. The third-order valence-electron chi connectivity index (χ3n) is 4.68. The van der Waals surface area contributed by atoms with Crippen molar-refractivity contribution in [1.29, 1.82) is 0 Å². The van der Waals surface area contributed by atoms with E-state index in [-0.39, 0.29) is 11.5 Å². The summed E-state index contributed by atoms with van der Waals surface area (Å²) in [5.41, 5.74) is 2.20. The standard InChI is InChI=1S/C23H20ClN5O3S/c1-23(2,15-30)28-33(31,32)20-11-16(12-25-14-20)3-4-18-13-26-29-10-9-21(27-22(18)29)17-5-7-19(24)8-6-17/h5-14,28,30H,15H2,1-2H3. The number of nitrogens with one attached hydrogen (secondary N) is 1. The molecule has 0 fully saturated rings. The van der Waals surface area contributed by atoms with E-state index in [9.17, 15) is 13.5 Å². The number of rotatable bonds is 5. The third kappa shape index (κ3) is 5.21. The summed E-state index contributed by atoms with van der Waals surface area (Å²) in [6.07, 6.45) is 6.10. The molecule has 4 aromatic rings. The molecule has 0 radical (unpaired) electrons. The van der Waals surface area contributed by atoms with Crippen LogP contribution >= 0.6 is 11.6 Å². The second-order valence-electron chi connectivity index (χ2n) is 7.95. The SMILES string of the molecule is CC(C)(CO)NS(=O)(=O)c1cncc(C#Cc2cnn3ccc(-c4ccc(Cl)cc4)nc23)c1. The van der Waals surface area contributed by atoms with Crippen molar-refractivity contribution in [2.45, 2.75) is 24.3 Å². The predicted molar refractivity (Wildman–Crippen MR) is 125 cm³/mol. The summed E-state index contributed by atoms with van der Waals surface area (Å²) in [5.74, 6) is 5.93. The number of aliphatic hydroxyl groups excluding tert-OH is 1. The van der Waals surface area contributed by atoms with Gasteiger partial charge in [-0.3, -0.25) is 4.98 Å². The summed E-state index contributed by atoms with van der Waals surface area (Å²) in [4.78, 5) is 8.62. The first-order chi connectivity index (χ1) is 15.7. The molecule has 0 bridgehead atoms. The molecular formula is C23H20ClN5O3S. The Morgan fingerprint density at radius 3 is 2.61 bits per heavy atom. The maximum Gasteiger partial charge on any atom is 0.242 e. The molecule has 168 valence electrons. The van der Waals surface area contributed by atoms with Crippen molar-refractivity contribution in [1.82, 2.24) is 24.3 Å². The highest BCUT2D eigenvalue weighted by atomic mass is 35.5. The van der Waals surface area contributed by atoms with Crippen LogP contribution in [-0.4, -0.2) is 45.3 Å². The van der Waals surface area contributed by atoms with Crippen LogP contribution < -0.4 is 4.72 Å². The van der Waals surface area contributed by atoms with Crippen LogP contribution in [0.15, 0.2) is 66.1 Å². The van der Waals surface area contributed by atoms with Crippen LogP contribution in [0.1, 0.15) is 25.0 Å². The van der Waals surface area contributed by atoms with Gasteiger partial charge in [-0.1, -0.05) is 35.6 Å². The van der Waals surface area contributed by atoms with E-state index in [1.807, 2.05) is 18.2 Å². The van der Waals surface area contributed by atoms with Crippen LogP contribution in [0.3, 0.4) is 0 Å². The molecule has 2 N–H and O–H groups in total. The van der Waals surface area contributed by atoms with E-state index in [0.29, 0.717) is 21.8 Å². The highest BCUT2D eigenvalue weighted by molar-refractivity contribution is 7.89. The Balaban J connectivity index is 1.66. The lowest BCUT2D eigenvalue weighted by Crippen LogP contribution is -2.46. The Bertz CT molecular complexity index is 1490. The Labute approximate surface area is 196 Å². The maximum atomic E-state index is 12.6. The van der Waals surface area contributed by atoms with E-state index >= 15 is 0 Å². The number of pyridine rings is 1. The normalized spacial score (nSPS) is 11.9. The van der Waals surface area contributed by atoms with E-state index in [0.717, 1.165) is 11.3 Å². The number of hydrogen-bond acceptors (Lipinski definition) is 6. The fraction of sp³-hybridized carbons (Fsp3) is 0.174. The quantitative estimate of drug-likeness (QED) is 0.424. The first kappa shape index (κ1) is 22.9. The van der Waals surface area contributed by atoms with Crippen LogP contribution in [-0.2, 0) is 10.0 Å². The molecule has 1 aromatic carbocycles. The van der Waals surface area contributed by atoms with Gasteiger partial charge in [-0.15, -0.1) is 0 Å². The van der Waals surface area contributed by atoms with E-state index in [1.54, 1.807) is 42.9 Å². The predicted octanol–water partition coefficient (Wildman–Crippen LogP) is 2.89. The molecule has 0 aliphatic rings. The largest absolute Gasteiger partial charge is 0.394 e. The average molecular weight is 482 g/mol. The van der Waals surface area contributed by atoms with Gasteiger partial charge in [0.05, 0.1) is 29.6 Å². The molecule has 8 nitrogen and oxygen atoms in total. The van der Waals surface area contributed by atoms with Crippen molar-refractivity contribution in [2.24, 2.45) is 0 Å². The Kier molecular flexibility index (Phi) is 6.19. The van der Waals surface area contributed by atoms with Crippen molar-refractivity contribution in [2.75, 3.05) is 6.61 Å². The van der Waals surface area contributed by atoms with E-state index in [4.69, 9.17) is 11.6 Å². The second kappa shape index (κ2) is 8.92. The van der Waals surface area contributed by atoms with Gasteiger partial charge in [0, 0.05) is 34.7 Å². The van der Waals surface area contributed by atoms with Gasteiger partial charge in [0.1, 0.15) is 4.90 Å². The Hall–Kier alpha value is -3.29. The lowest BCUT2D eigenvalue weighted by molar-refractivity contribution is 0.208. The molecule has 3 heterocycles. The van der Waals surface area contributed by atoms with Gasteiger partial charge in [-0.05, 0) is 38.1 Å². The number of hydrogen-bond donors (Lipinski definition) is 2. The van der Waals surface area contributed by atoms with Crippen LogP contribution in [0, 0.1) is 11.8 Å². The molecule has 33 heavy (non-hydrogen) atoms. The molecule has 3 aromatic heterocycles. The highest BCUT2D eigenvalue weighted by Gasteiger charge is 2.25. The number of aromatic nitrogens is 4. The molecule has 0 atom stereocenters. The third-order valence-corrected chi connectivity index (χ3v) is 6.60. The summed E-state index contributed by atoms with van der Waals surface area (Å²) < 4.78 is 29.3. The van der Waals surface area contributed by atoms with Crippen molar-refractivity contribution in [3.8, 4) is 23.1 Å². The van der Waals surface area contributed by atoms with Crippen LogP contribution in [0.5, 0.6) is 0 Å². The number of nitrogens with zero attached hydrogens (tertiary/aromatic N) is 4. The van der Waals surface area contributed by atoms with Crippen molar-refractivity contribution in [3.05, 3.63) is 77.3 Å². The van der Waals surface area contributed by atoms with Gasteiger partial charge in [0.15, 0.2) is 5.65 Å². The molecule has 0 aliphatic carbocycles. The first-order valence-corrected chi connectivity index (χ1v) is 11.8. The zero-order chi connectivity index (χ0) is 23.6. The van der Waals surface area contributed by atoms with Crippen LogP contribution in [0.4, 0.5) is 0 Å². The average Bonchev–Trinajstić information content (AvgIpc) is 3.20. The molecule has 10 heteroatoms. The van der Waals surface area contributed by atoms with E-state index < -0.39 is 15.6 Å². The monoisotopic (exact) mass is 481 g/mol. The number of aliphatic hydroxyl groups is 1. The number of benzene rings is 1. The summed E-state index contributed by atoms with van der Waals surface area (Å²) in [6, 6.07) is 10.6. The van der Waals surface area contributed by atoms with Gasteiger partial charge >= 0.3 is 0 Å². The molecular weight excluding hydrogens is 462 g/mol. The van der Waals surface area contributed by atoms with Crippen molar-refractivity contribution < 1.29 is 13.5 Å². The number of fused-ring (bicyclic) bond motifs is 1. The summed E-state index contributed by atoms with van der Waals surface area (Å²) in [5, 5.41) is 14.3. The van der Waals surface area contributed by atoms with Gasteiger partial charge < -0.3 is 5.11 Å². The van der Waals surface area contributed by atoms with Gasteiger partial charge in [0.25, 0.3) is 0 Å². The summed E-state index contributed by atoms with van der Waals surface area (Å²) in [7, 11) is -3.88. The minimum atomic E-state index is -3.88. The number of sulfonamides is 1. The fourth-order valence-electron chi connectivity index (χ4n) is 2.97. The van der Waals surface area contributed by atoms with Crippen LogP contribution in [0.2, 0.25) is 5.02 Å². The van der Waals surface area contributed by atoms with Crippen molar-refractivity contribution >= 4 is 27.3 Å². The smallest absolute Gasteiger partial charge is 0.242 e. The fourth-order valence-corrected chi connectivity index (χ4v) is 4.48. The highest BCUT2D eigenvalue weighted by Crippen LogP contribution is 2.21. The summed E-state index contributed by atoms with van der Waals surface area (Å²) >= 11 is 5.97. The lowest BCUT2D eigenvalue weighted by Gasteiger charge is -2.23. The molecule has 4 rings (SSSR count). The Morgan fingerprint density at radius 1 is 1.12 bits per heavy atom. The number of halogens is 1. The molecule has 0 aliphatic heterocycles. The molecule has 0 spiro atoms. The zero-order valence-electron chi connectivity index (χ0n) is 17.8. The Morgan fingerprint density at radius 2 is 1.88 bits per heavy atom. The maximum absolute atomic E-state index is 12.6. The topological polar surface area (TPSA) is 109 Å². The molecule has 0 saturated heterocycles. The first-order valence-electron chi connectivity index (χ1n) is 9.89. The lowest BCUT2D eigenvalue weighted by atomic mass is 10.1. The summed E-state index contributed by atoms with van der Waals surface area (Å²) in [6.45, 7) is 2.81. The van der Waals surface area contributed by atoms with Gasteiger partial charge in [-0.2, -0.15) is 5.10 Å². The van der Waals surface area contributed by atoms with Crippen molar-refractivity contribution in [3.63, 3.8) is 0 Å². The second-order valence-corrected chi connectivity index (χ2v) is 10.1. The van der Waals surface area contributed by atoms with E-state index in [2.05, 4.69) is 31.6 Å². The van der Waals surface area contributed by atoms with Gasteiger partial charge in [-0.25, -0.2) is 22.6 Å². The van der Waals surface area contributed by atoms with E-state index in [1.165, 1.54) is 18.5 Å². The molecule has 0 saturated carbocycles.